The molecule has 3 heterocycles. The second-order valence-corrected chi connectivity index (χ2v) is 6.85. The van der Waals surface area contributed by atoms with Crippen LogP contribution in [0.5, 0.6) is 0 Å². The summed E-state index contributed by atoms with van der Waals surface area (Å²) in [5.41, 5.74) is 2.25. The molecule has 0 atom stereocenters. The number of rotatable bonds is 4. The van der Waals surface area contributed by atoms with E-state index in [-0.39, 0.29) is 11.4 Å². The molecule has 24 heavy (non-hydrogen) atoms. The van der Waals surface area contributed by atoms with Crippen LogP contribution in [0.25, 0.3) is 11.1 Å². The molecule has 7 nitrogen and oxygen atoms in total. The fourth-order valence-electron chi connectivity index (χ4n) is 3.07. The molecule has 0 spiro atoms. The van der Waals surface area contributed by atoms with Gasteiger partial charge in [0.25, 0.3) is 11.6 Å². The Morgan fingerprint density at radius 1 is 1.33 bits per heavy atom. The molecular formula is C17H24N4O3. The second kappa shape index (κ2) is 6.49. The van der Waals surface area contributed by atoms with E-state index in [1.807, 2.05) is 13.8 Å². The largest absolute Gasteiger partial charge is 0.379 e. The zero-order valence-corrected chi connectivity index (χ0v) is 14.7. The van der Waals surface area contributed by atoms with Gasteiger partial charge in [-0.2, -0.15) is 0 Å². The van der Waals surface area contributed by atoms with Crippen LogP contribution in [0.2, 0.25) is 0 Å². The van der Waals surface area contributed by atoms with Crippen molar-refractivity contribution in [1.82, 2.24) is 20.4 Å². The summed E-state index contributed by atoms with van der Waals surface area (Å²) in [7, 11) is 0. The molecule has 3 rings (SSSR count). The van der Waals surface area contributed by atoms with E-state index in [0.717, 1.165) is 32.0 Å². The first-order chi connectivity index (χ1) is 11.4. The summed E-state index contributed by atoms with van der Waals surface area (Å²) in [4.78, 5) is 19.4. The average Bonchev–Trinajstić information content (AvgIpc) is 2.93. The highest BCUT2D eigenvalue weighted by molar-refractivity contribution is 6.06. The highest BCUT2D eigenvalue weighted by Crippen LogP contribution is 2.22. The van der Waals surface area contributed by atoms with E-state index in [2.05, 4.69) is 34.2 Å². The topological polar surface area (TPSA) is 80.5 Å². The lowest BCUT2D eigenvalue weighted by Crippen LogP contribution is -2.55. The quantitative estimate of drug-likeness (QED) is 0.917. The minimum atomic E-state index is -0.135. The summed E-state index contributed by atoms with van der Waals surface area (Å²) in [6.45, 7) is 11.7. The first-order valence-electron chi connectivity index (χ1n) is 8.23. The van der Waals surface area contributed by atoms with Gasteiger partial charge in [0.05, 0.1) is 29.9 Å². The van der Waals surface area contributed by atoms with E-state index in [0.29, 0.717) is 28.9 Å². The van der Waals surface area contributed by atoms with Crippen molar-refractivity contribution in [2.24, 2.45) is 0 Å². The fourth-order valence-corrected chi connectivity index (χ4v) is 3.07. The molecule has 0 aromatic carbocycles. The Hall–Kier alpha value is -1.99. The Morgan fingerprint density at radius 2 is 2.04 bits per heavy atom. The number of nitrogens with zero attached hydrogens (tertiary/aromatic N) is 3. The summed E-state index contributed by atoms with van der Waals surface area (Å²) in [6.07, 6.45) is 0. The standard InChI is InChI=1S/C17H24N4O3/c1-11-9-13(14-12(2)20-24-16(14)19-11)15(22)18-10-17(3,4)21-5-7-23-8-6-21/h9H,5-8,10H2,1-4H3,(H,18,22). The molecule has 0 unspecified atom stereocenters. The number of hydrogen-bond acceptors (Lipinski definition) is 6. The molecule has 1 saturated heterocycles. The Labute approximate surface area is 141 Å². The lowest BCUT2D eigenvalue weighted by molar-refractivity contribution is -0.00922. The molecule has 0 bridgehead atoms. The van der Waals surface area contributed by atoms with E-state index in [4.69, 9.17) is 9.26 Å². The van der Waals surface area contributed by atoms with Gasteiger partial charge >= 0.3 is 0 Å². The van der Waals surface area contributed by atoms with Gasteiger partial charge in [-0.05, 0) is 33.8 Å². The third-order valence-corrected chi connectivity index (χ3v) is 4.54. The molecule has 1 aliphatic rings. The first-order valence-corrected chi connectivity index (χ1v) is 8.23. The molecule has 1 aliphatic heterocycles. The summed E-state index contributed by atoms with van der Waals surface area (Å²) < 4.78 is 10.6. The number of aromatic nitrogens is 2. The van der Waals surface area contributed by atoms with Gasteiger partial charge in [0.2, 0.25) is 0 Å². The van der Waals surface area contributed by atoms with Crippen molar-refractivity contribution in [1.29, 1.82) is 0 Å². The van der Waals surface area contributed by atoms with Gasteiger partial charge in [0, 0.05) is 30.9 Å². The van der Waals surface area contributed by atoms with Crippen molar-refractivity contribution in [3.8, 4) is 0 Å². The number of ether oxygens (including phenoxy) is 1. The van der Waals surface area contributed by atoms with Crippen LogP contribution in [0.1, 0.15) is 35.6 Å². The Balaban J connectivity index is 1.76. The van der Waals surface area contributed by atoms with Gasteiger partial charge in [-0.3, -0.25) is 9.69 Å². The SMILES string of the molecule is Cc1cc(C(=O)NCC(C)(C)N2CCOCC2)c2c(C)noc2n1. The zero-order chi connectivity index (χ0) is 17.3. The number of nitrogens with one attached hydrogen (secondary N) is 1. The van der Waals surface area contributed by atoms with E-state index in [1.165, 1.54) is 0 Å². The number of hydrogen-bond donors (Lipinski definition) is 1. The molecule has 7 heteroatoms. The number of fused-ring (bicyclic) bond motifs is 1. The maximum Gasteiger partial charge on any atom is 0.258 e. The van der Waals surface area contributed by atoms with Crippen molar-refractivity contribution in [3.05, 3.63) is 23.0 Å². The van der Waals surface area contributed by atoms with E-state index in [9.17, 15) is 4.79 Å². The molecule has 1 N–H and O–H groups in total. The lowest BCUT2D eigenvalue weighted by atomic mass is 10.0. The van der Waals surface area contributed by atoms with Crippen LogP contribution in [-0.4, -0.2) is 59.3 Å². The third kappa shape index (κ3) is 3.27. The zero-order valence-electron chi connectivity index (χ0n) is 14.7. The molecule has 0 saturated carbocycles. The summed E-state index contributed by atoms with van der Waals surface area (Å²) in [5.74, 6) is -0.127. The second-order valence-electron chi connectivity index (χ2n) is 6.85. The van der Waals surface area contributed by atoms with Crippen molar-refractivity contribution in [2.45, 2.75) is 33.2 Å². The van der Waals surface area contributed by atoms with Gasteiger partial charge in [0.1, 0.15) is 0 Å². The normalized spacial score (nSPS) is 16.5. The van der Waals surface area contributed by atoms with Crippen molar-refractivity contribution >= 4 is 17.0 Å². The maximum atomic E-state index is 12.7. The minimum absolute atomic E-state index is 0.127. The molecule has 2 aromatic rings. The van der Waals surface area contributed by atoms with Crippen LogP contribution >= 0.6 is 0 Å². The van der Waals surface area contributed by atoms with Gasteiger partial charge in [-0.25, -0.2) is 4.98 Å². The van der Waals surface area contributed by atoms with Gasteiger partial charge in [0.15, 0.2) is 0 Å². The number of carbonyl (C=O) groups excluding carboxylic acids is 1. The van der Waals surface area contributed by atoms with Gasteiger partial charge in [-0.1, -0.05) is 5.16 Å². The highest BCUT2D eigenvalue weighted by Gasteiger charge is 2.29. The molecule has 2 aromatic heterocycles. The molecule has 1 amide bonds. The monoisotopic (exact) mass is 332 g/mol. The molecule has 1 fully saturated rings. The number of amides is 1. The average molecular weight is 332 g/mol. The highest BCUT2D eigenvalue weighted by atomic mass is 16.5. The Morgan fingerprint density at radius 3 is 2.75 bits per heavy atom. The van der Waals surface area contributed by atoms with Crippen molar-refractivity contribution < 1.29 is 14.1 Å². The van der Waals surface area contributed by atoms with Gasteiger partial charge < -0.3 is 14.6 Å². The molecular weight excluding hydrogens is 308 g/mol. The Bertz CT molecular complexity index is 748. The molecule has 0 radical (unpaired) electrons. The van der Waals surface area contributed by atoms with Gasteiger partial charge in [-0.15, -0.1) is 0 Å². The van der Waals surface area contributed by atoms with Crippen molar-refractivity contribution in [3.63, 3.8) is 0 Å². The Kier molecular flexibility index (Phi) is 4.56. The predicted molar refractivity (Wildman–Crippen MR) is 90.1 cm³/mol. The summed E-state index contributed by atoms with van der Waals surface area (Å²) >= 11 is 0. The molecule has 0 aliphatic carbocycles. The fraction of sp³-hybridized carbons (Fsp3) is 0.588. The van der Waals surface area contributed by atoms with Crippen LogP contribution in [0.4, 0.5) is 0 Å². The van der Waals surface area contributed by atoms with E-state index < -0.39 is 0 Å². The third-order valence-electron chi connectivity index (χ3n) is 4.54. The summed E-state index contributed by atoms with van der Waals surface area (Å²) in [6, 6.07) is 1.78. The van der Waals surface area contributed by atoms with Crippen LogP contribution in [0.15, 0.2) is 10.6 Å². The van der Waals surface area contributed by atoms with Crippen LogP contribution < -0.4 is 5.32 Å². The summed E-state index contributed by atoms with van der Waals surface area (Å²) in [5, 5.41) is 7.66. The first kappa shape index (κ1) is 16.9. The van der Waals surface area contributed by atoms with E-state index >= 15 is 0 Å². The number of carbonyl (C=O) groups is 1. The maximum absolute atomic E-state index is 12.7. The molecule has 130 valence electrons. The van der Waals surface area contributed by atoms with E-state index in [1.54, 1.807) is 6.07 Å². The number of pyridine rings is 1. The van der Waals surface area contributed by atoms with Crippen LogP contribution in [-0.2, 0) is 4.74 Å². The predicted octanol–water partition coefficient (Wildman–Crippen LogP) is 1.68. The smallest absolute Gasteiger partial charge is 0.258 e. The van der Waals surface area contributed by atoms with Crippen molar-refractivity contribution in [2.75, 3.05) is 32.8 Å². The number of morpholine rings is 1. The lowest BCUT2D eigenvalue weighted by Gasteiger charge is -2.40. The minimum Gasteiger partial charge on any atom is -0.379 e. The number of aryl methyl sites for hydroxylation is 2. The van der Waals surface area contributed by atoms with Crippen LogP contribution in [0.3, 0.4) is 0 Å². The van der Waals surface area contributed by atoms with Crippen LogP contribution in [0, 0.1) is 13.8 Å².